The number of nitrogens with zero attached hydrogens (tertiary/aromatic N) is 3. The number of benzene rings is 1. The van der Waals surface area contributed by atoms with Gasteiger partial charge in [-0.3, -0.25) is 0 Å². The third-order valence-corrected chi connectivity index (χ3v) is 3.27. The fourth-order valence-corrected chi connectivity index (χ4v) is 2.21. The van der Waals surface area contributed by atoms with Crippen LogP contribution in [0.5, 0.6) is 0 Å². The molecule has 0 atom stereocenters. The highest BCUT2D eigenvalue weighted by Gasteiger charge is 2.14. The van der Waals surface area contributed by atoms with Crippen molar-refractivity contribution in [2.75, 3.05) is 5.73 Å². The predicted molar refractivity (Wildman–Crippen MR) is 77.3 cm³/mol. The van der Waals surface area contributed by atoms with E-state index in [0.29, 0.717) is 17.7 Å². The molecule has 2 heterocycles. The summed E-state index contributed by atoms with van der Waals surface area (Å²) in [5.41, 5.74) is 7.35. The fraction of sp³-hybridized carbons (Fsp3) is 0.0769. The molecule has 0 saturated carbocycles. The van der Waals surface area contributed by atoms with Gasteiger partial charge in [0.2, 0.25) is 0 Å². The predicted octanol–water partition coefficient (Wildman–Crippen LogP) is -0.119. The zero-order chi connectivity index (χ0) is 15.0. The van der Waals surface area contributed by atoms with Crippen LogP contribution in [0.2, 0.25) is 0 Å². The number of fused-ring (bicyclic) bond motifs is 1. The molecule has 0 aliphatic heterocycles. The van der Waals surface area contributed by atoms with Gasteiger partial charge in [-0.15, -0.1) is 0 Å². The molecule has 8 heteroatoms. The van der Waals surface area contributed by atoms with Crippen molar-refractivity contribution < 1.29 is 14.4 Å². The van der Waals surface area contributed by atoms with E-state index in [2.05, 4.69) is 9.97 Å². The molecular formula is C13H12BFN4O2. The molecule has 6 nitrogen and oxygen atoms in total. The van der Waals surface area contributed by atoms with E-state index in [1.54, 1.807) is 28.8 Å². The van der Waals surface area contributed by atoms with Crippen LogP contribution in [0.1, 0.15) is 5.56 Å². The summed E-state index contributed by atoms with van der Waals surface area (Å²) in [6.45, 7) is 0.388. The molecule has 0 unspecified atom stereocenters. The Morgan fingerprint density at radius 2 is 1.90 bits per heavy atom. The van der Waals surface area contributed by atoms with Crippen molar-refractivity contribution in [1.29, 1.82) is 0 Å². The summed E-state index contributed by atoms with van der Waals surface area (Å²) in [5, 5.41) is 18.3. The van der Waals surface area contributed by atoms with Crippen LogP contribution < -0.4 is 11.2 Å². The lowest BCUT2D eigenvalue weighted by molar-refractivity contribution is 0.426. The maximum absolute atomic E-state index is 13.9. The van der Waals surface area contributed by atoms with Crippen LogP contribution in [0.25, 0.3) is 11.0 Å². The second kappa shape index (κ2) is 5.15. The molecule has 0 aliphatic carbocycles. The van der Waals surface area contributed by atoms with Crippen molar-refractivity contribution in [2.45, 2.75) is 6.54 Å². The molecule has 2 aromatic heterocycles. The average molecular weight is 286 g/mol. The Labute approximate surface area is 119 Å². The number of nitrogen functional groups attached to an aromatic ring is 1. The first-order chi connectivity index (χ1) is 10.1. The van der Waals surface area contributed by atoms with Gasteiger partial charge in [0.15, 0.2) is 5.82 Å². The van der Waals surface area contributed by atoms with Crippen molar-refractivity contribution >= 4 is 29.4 Å². The quantitative estimate of drug-likeness (QED) is 0.583. The Kier molecular flexibility index (Phi) is 3.32. The lowest BCUT2D eigenvalue weighted by atomic mass is 9.80. The van der Waals surface area contributed by atoms with E-state index in [9.17, 15) is 4.39 Å². The van der Waals surface area contributed by atoms with Gasteiger partial charge >= 0.3 is 7.12 Å². The smallest absolute Gasteiger partial charge is 0.423 e. The van der Waals surface area contributed by atoms with Crippen molar-refractivity contribution in [1.82, 2.24) is 14.5 Å². The van der Waals surface area contributed by atoms with Crippen molar-refractivity contribution in [3.05, 3.63) is 48.2 Å². The third kappa shape index (κ3) is 2.46. The molecule has 0 aliphatic rings. The average Bonchev–Trinajstić information content (AvgIpc) is 2.77. The summed E-state index contributed by atoms with van der Waals surface area (Å²) < 4.78 is 15.5. The molecule has 106 valence electrons. The fourth-order valence-electron chi connectivity index (χ4n) is 2.21. The van der Waals surface area contributed by atoms with E-state index >= 15 is 0 Å². The molecule has 0 fully saturated rings. The molecule has 0 saturated heterocycles. The largest absolute Gasteiger partial charge is 0.488 e. The molecule has 0 bridgehead atoms. The van der Waals surface area contributed by atoms with Crippen molar-refractivity contribution in [2.24, 2.45) is 0 Å². The number of nitrogens with two attached hydrogens (primary N) is 1. The van der Waals surface area contributed by atoms with Crippen molar-refractivity contribution in [3.8, 4) is 0 Å². The highest BCUT2D eigenvalue weighted by Crippen LogP contribution is 2.22. The summed E-state index contributed by atoms with van der Waals surface area (Å²) in [5.74, 6) is -0.361. The number of aromatic nitrogens is 3. The van der Waals surface area contributed by atoms with Crippen LogP contribution in [-0.2, 0) is 6.54 Å². The number of hydrogen-bond acceptors (Lipinski definition) is 5. The van der Waals surface area contributed by atoms with Gasteiger partial charge in [-0.05, 0) is 11.0 Å². The van der Waals surface area contributed by atoms with Gasteiger partial charge < -0.3 is 20.3 Å². The molecule has 0 amide bonds. The van der Waals surface area contributed by atoms with Gasteiger partial charge in [-0.2, -0.15) is 0 Å². The third-order valence-electron chi connectivity index (χ3n) is 3.27. The number of anilines is 1. The van der Waals surface area contributed by atoms with Crippen LogP contribution in [0.15, 0.2) is 36.8 Å². The molecule has 1 aromatic carbocycles. The minimum absolute atomic E-state index is 0.106. The second-order valence-corrected chi connectivity index (χ2v) is 4.68. The Bertz CT molecular complexity index is 789. The number of halogens is 1. The van der Waals surface area contributed by atoms with Crippen LogP contribution in [0.3, 0.4) is 0 Å². The Hall–Kier alpha value is -2.45. The Morgan fingerprint density at radius 1 is 1.19 bits per heavy atom. The lowest BCUT2D eigenvalue weighted by Gasteiger charge is -2.06. The Balaban J connectivity index is 1.97. The molecule has 0 radical (unpaired) electrons. The lowest BCUT2D eigenvalue weighted by Crippen LogP contribution is -2.29. The van der Waals surface area contributed by atoms with Gasteiger partial charge in [-0.25, -0.2) is 14.4 Å². The summed E-state index contributed by atoms with van der Waals surface area (Å²) in [6, 6.07) is 6.68. The summed E-state index contributed by atoms with van der Waals surface area (Å²) in [6.07, 6.45) is 2.61. The molecule has 3 aromatic rings. The summed E-state index contributed by atoms with van der Waals surface area (Å²) in [4.78, 5) is 7.83. The minimum Gasteiger partial charge on any atom is -0.423 e. The number of rotatable bonds is 3. The monoisotopic (exact) mass is 286 g/mol. The maximum atomic E-state index is 13.9. The number of hydrogen-bond donors (Lipinski definition) is 3. The first-order valence-electron chi connectivity index (χ1n) is 6.26. The van der Waals surface area contributed by atoms with E-state index in [1.807, 2.05) is 0 Å². The van der Waals surface area contributed by atoms with Crippen LogP contribution in [0, 0.1) is 5.82 Å². The molecule has 4 N–H and O–H groups in total. The van der Waals surface area contributed by atoms with E-state index in [1.165, 1.54) is 12.5 Å². The van der Waals surface area contributed by atoms with Gasteiger partial charge in [0.1, 0.15) is 17.8 Å². The minimum atomic E-state index is -1.50. The normalized spacial score (nSPS) is 11.0. The summed E-state index contributed by atoms with van der Waals surface area (Å²) in [7, 11) is -1.50. The maximum Gasteiger partial charge on any atom is 0.488 e. The topological polar surface area (TPSA) is 97.2 Å². The highest BCUT2D eigenvalue weighted by atomic mass is 19.1. The van der Waals surface area contributed by atoms with Gasteiger partial charge in [0.05, 0.1) is 5.39 Å². The van der Waals surface area contributed by atoms with E-state index in [0.717, 1.165) is 5.56 Å². The zero-order valence-corrected chi connectivity index (χ0v) is 10.9. The second-order valence-electron chi connectivity index (χ2n) is 4.68. The Morgan fingerprint density at radius 3 is 2.57 bits per heavy atom. The summed E-state index contributed by atoms with van der Waals surface area (Å²) >= 11 is 0. The van der Waals surface area contributed by atoms with Crippen LogP contribution in [-0.4, -0.2) is 31.7 Å². The van der Waals surface area contributed by atoms with Gasteiger partial charge in [0.25, 0.3) is 0 Å². The van der Waals surface area contributed by atoms with Crippen molar-refractivity contribution in [3.63, 3.8) is 0 Å². The molecule has 21 heavy (non-hydrogen) atoms. The molecular weight excluding hydrogens is 274 g/mol. The van der Waals surface area contributed by atoms with Gasteiger partial charge in [-0.1, -0.05) is 24.3 Å². The van der Waals surface area contributed by atoms with E-state index in [-0.39, 0.29) is 11.2 Å². The molecule has 0 spiro atoms. The first-order valence-corrected chi connectivity index (χ1v) is 6.26. The van der Waals surface area contributed by atoms with Gasteiger partial charge in [0, 0.05) is 12.7 Å². The van der Waals surface area contributed by atoms with Crippen LogP contribution >= 0.6 is 0 Å². The highest BCUT2D eigenvalue weighted by molar-refractivity contribution is 6.58. The zero-order valence-electron chi connectivity index (χ0n) is 10.9. The molecule has 3 rings (SSSR count). The van der Waals surface area contributed by atoms with Crippen LogP contribution in [0.4, 0.5) is 10.2 Å². The van der Waals surface area contributed by atoms with E-state index < -0.39 is 12.9 Å². The standard InChI is InChI=1S/C13H12BFN4O2/c15-10-6-19(13-11(10)12(16)17-7-18-13)5-8-1-3-9(4-2-8)14(20)21/h1-4,6-7,20-21H,5H2,(H2,16,17,18). The SMILES string of the molecule is Nc1ncnc2c1c(F)cn2Cc1ccc(B(O)O)cc1. The van der Waals surface area contributed by atoms with E-state index in [4.69, 9.17) is 15.8 Å². The first kappa shape index (κ1) is 13.5.